The number of carbonyl (C=O) groups is 1. The van der Waals surface area contributed by atoms with E-state index in [0.29, 0.717) is 18.4 Å². The summed E-state index contributed by atoms with van der Waals surface area (Å²) < 4.78 is 58.1. The Morgan fingerprint density at radius 3 is 2.37 bits per heavy atom. The van der Waals surface area contributed by atoms with Crippen molar-refractivity contribution in [2.75, 3.05) is 48.7 Å². The van der Waals surface area contributed by atoms with Crippen molar-refractivity contribution in [2.24, 2.45) is 0 Å². The quantitative estimate of drug-likeness (QED) is 0.218. The second kappa shape index (κ2) is 12.9. The molecule has 2 aliphatic heterocycles. The molecular formula is C27H38N4O8S2. The van der Waals surface area contributed by atoms with Crippen LogP contribution in [0.25, 0.3) is 0 Å². The number of sulfonamides is 2. The van der Waals surface area contributed by atoms with E-state index >= 15 is 0 Å². The van der Waals surface area contributed by atoms with Crippen molar-refractivity contribution in [1.82, 2.24) is 9.62 Å². The number of rotatable bonds is 11. The molecule has 14 heteroatoms. The van der Waals surface area contributed by atoms with Gasteiger partial charge in [0, 0.05) is 37.9 Å². The number of hydrogen-bond donors (Lipinski definition) is 4. The van der Waals surface area contributed by atoms with E-state index in [-0.39, 0.29) is 42.1 Å². The third-order valence-electron chi connectivity index (χ3n) is 7.37. The molecule has 226 valence electrons. The molecule has 0 amide bonds. The first-order valence-corrected chi connectivity index (χ1v) is 17.0. The largest absolute Gasteiger partial charge is 0.506 e. The summed E-state index contributed by atoms with van der Waals surface area (Å²) in [6.07, 6.45) is 2.75. The maximum atomic E-state index is 13.2. The number of benzene rings is 2. The molecule has 0 aromatic heterocycles. The van der Waals surface area contributed by atoms with E-state index in [1.54, 1.807) is 37.3 Å². The molecule has 2 saturated heterocycles. The number of nitrogens with zero attached hydrogens (tertiary/aromatic N) is 2. The summed E-state index contributed by atoms with van der Waals surface area (Å²) in [7, 11) is -7.41. The molecule has 0 aliphatic carbocycles. The lowest BCUT2D eigenvalue weighted by Crippen LogP contribution is -2.43. The molecule has 2 heterocycles. The van der Waals surface area contributed by atoms with Gasteiger partial charge in [-0.3, -0.25) is 9.52 Å². The summed E-state index contributed by atoms with van der Waals surface area (Å²) in [5, 5.41) is 23.9. The standard InChI is InChI=1S/C27H38N4O8S2/c1-3-39-27(34)24-5-4-14-31(24)41(37,38)22-9-7-21(8-10-22)30-15-12-20(13-16-30)28-18-26(33)19-6-11-25(32)23(17-19)29-40(2,35)36/h6-11,17,20,24,26,28-29,32-33H,3-5,12-16,18H2,1-2H3/t24-,26-/m0/s1. The number of carbonyl (C=O) groups excluding carboxylic acids is 1. The van der Waals surface area contributed by atoms with Gasteiger partial charge in [0.2, 0.25) is 20.0 Å². The second-order valence-electron chi connectivity index (χ2n) is 10.4. The lowest BCUT2D eigenvalue weighted by Gasteiger charge is -2.34. The maximum absolute atomic E-state index is 13.2. The first-order valence-electron chi connectivity index (χ1n) is 13.6. The highest BCUT2D eigenvalue weighted by molar-refractivity contribution is 7.92. The van der Waals surface area contributed by atoms with Crippen molar-refractivity contribution >= 4 is 37.4 Å². The lowest BCUT2D eigenvalue weighted by molar-refractivity contribution is -0.146. The third-order valence-corrected chi connectivity index (χ3v) is 9.88. The molecule has 4 rings (SSSR count). The van der Waals surface area contributed by atoms with Gasteiger partial charge in [0.25, 0.3) is 0 Å². The smallest absolute Gasteiger partial charge is 0.324 e. The molecule has 4 N–H and O–H groups in total. The van der Waals surface area contributed by atoms with Gasteiger partial charge in [-0.1, -0.05) is 6.07 Å². The number of phenols is 1. The van der Waals surface area contributed by atoms with Gasteiger partial charge in [-0.05, 0) is 74.6 Å². The number of hydrogen-bond acceptors (Lipinski definition) is 10. The molecule has 0 radical (unpaired) electrons. The van der Waals surface area contributed by atoms with E-state index in [2.05, 4.69) is 14.9 Å². The number of nitrogens with one attached hydrogen (secondary N) is 2. The Kier molecular flexibility index (Phi) is 9.80. The number of aliphatic hydroxyl groups excluding tert-OH is 1. The van der Waals surface area contributed by atoms with Crippen LogP contribution in [-0.4, -0.2) is 88.4 Å². The summed E-state index contributed by atoms with van der Waals surface area (Å²) in [4.78, 5) is 14.6. The minimum absolute atomic E-state index is 0.00965. The Morgan fingerprint density at radius 2 is 1.73 bits per heavy atom. The van der Waals surface area contributed by atoms with E-state index in [9.17, 15) is 31.8 Å². The van der Waals surface area contributed by atoms with Gasteiger partial charge < -0.3 is 25.2 Å². The van der Waals surface area contributed by atoms with Crippen LogP contribution in [0.2, 0.25) is 0 Å². The van der Waals surface area contributed by atoms with Gasteiger partial charge in [-0.25, -0.2) is 16.8 Å². The lowest BCUT2D eigenvalue weighted by atomic mass is 10.0. The fraction of sp³-hybridized carbons (Fsp3) is 0.519. The Hall–Kier alpha value is -2.91. The summed E-state index contributed by atoms with van der Waals surface area (Å²) in [5.41, 5.74) is 1.38. The summed E-state index contributed by atoms with van der Waals surface area (Å²) in [6.45, 7) is 3.91. The predicted molar refractivity (Wildman–Crippen MR) is 155 cm³/mol. The Balaban J connectivity index is 1.30. The van der Waals surface area contributed by atoms with Crippen molar-refractivity contribution in [2.45, 2.75) is 55.7 Å². The molecule has 12 nitrogen and oxygen atoms in total. The third kappa shape index (κ3) is 7.68. The van der Waals surface area contributed by atoms with Crippen molar-refractivity contribution in [1.29, 1.82) is 0 Å². The molecule has 2 aromatic rings. The van der Waals surface area contributed by atoms with Crippen molar-refractivity contribution in [3.05, 3.63) is 48.0 Å². The van der Waals surface area contributed by atoms with Gasteiger partial charge in [0.1, 0.15) is 11.8 Å². The van der Waals surface area contributed by atoms with Crippen LogP contribution in [-0.2, 0) is 29.6 Å². The number of phenolic OH excluding ortho intramolecular Hbond substituents is 1. The van der Waals surface area contributed by atoms with Crippen LogP contribution in [0.1, 0.15) is 44.3 Å². The zero-order chi connectivity index (χ0) is 29.8. The van der Waals surface area contributed by atoms with Gasteiger partial charge in [-0.2, -0.15) is 4.31 Å². The van der Waals surface area contributed by atoms with Crippen molar-refractivity contribution in [3.63, 3.8) is 0 Å². The first kappa shape index (κ1) is 31.0. The van der Waals surface area contributed by atoms with E-state index in [4.69, 9.17) is 4.74 Å². The monoisotopic (exact) mass is 610 g/mol. The normalized spacial score (nSPS) is 19.7. The Labute approximate surface area is 241 Å². The zero-order valence-electron chi connectivity index (χ0n) is 23.2. The minimum Gasteiger partial charge on any atom is -0.506 e. The van der Waals surface area contributed by atoms with Crippen LogP contribution < -0.4 is 14.9 Å². The highest BCUT2D eigenvalue weighted by Gasteiger charge is 2.40. The highest BCUT2D eigenvalue weighted by atomic mass is 32.2. The summed E-state index contributed by atoms with van der Waals surface area (Å²) in [6, 6.07) is 10.4. The average molecular weight is 611 g/mol. The summed E-state index contributed by atoms with van der Waals surface area (Å²) in [5.74, 6) is -0.736. The predicted octanol–water partition coefficient (Wildman–Crippen LogP) is 1.77. The van der Waals surface area contributed by atoms with E-state index in [0.717, 1.165) is 37.9 Å². The number of aliphatic hydroxyl groups is 1. The molecule has 41 heavy (non-hydrogen) atoms. The van der Waals surface area contributed by atoms with Crippen LogP contribution in [0.4, 0.5) is 11.4 Å². The number of aromatic hydroxyl groups is 1. The van der Waals surface area contributed by atoms with Crippen LogP contribution in [0.5, 0.6) is 5.75 Å². The maximum Gasteiger partial charge on any atom is 0.324 e. The SMILES string of the molecule is CCOC(=O)[C@@H]1CCCN1S(=O)(=O)c1ccc(N2CCC(NC[C@H](O)c3ccc(O)c(NS(C)(=O)=O)c3)CC2)cc1. The van der Waals surface area contributed by atoms with Gasteiger partial charge >= 0.3 is 5.97 Å². The topological polar surface area (TPSA) is 166 Å². The number of piperidine rings is 1. The van der Waals surface area contributed by atoms with Gasteiger partial charge in [0.15, 0.2) is 0 Å². The van der Waals surface area contributed by atoms with Crippen molar-refractivity contribution in [3.8, 4) is 5.75 Å². The highest BCUT2D eigenvalue weighted by Crippen LogP contribution is 2.30. The number of esters is 1. The molecule has 2 aliphatic rings. The fourth-order valence-corrected chi connectivity index (χ4v) is 7.46. The molecule has 0 bridgehead atoms. The van der Waals surface area contributed by atoms with Gasteiger partial charge in [0.05, 0.1) is 29.5 Å². The molecule has 2 atom stereocenters. The zero-order valence-corrected chi connectivity index (χ0v) is 24.8. The summed E-state index contributed by atoms with van der Waals surface area (Å²) >= 11 is 0. The molecule has 0 saturated carbocycles. The molecule has 0 spiro atoms. The van der Waals surface area contributed by atoms with E-state index in [1.165, 1.54) is 16.4 Å². The number of anilines is 2. The number of ether oxygens (including phenoxy) is 1. The molecular weight excluding hydrogens is 572 g/mol. The Morgan fingerprint density at radius 1 is 1.05 bits per heavy atom. The van der Waals surface area contributed by atoms with Crippen LogP contribution in [0.15, 0.2) is 47.4 Å². The molecule has 0 unspecified atom stereocenters. The minimum atomic E-state index is -3.83. The van der Waals surface area contributed by atoms with E-state index < -0.39 is 38.2 Å². The van der Waals surface area contributed by atoms with Crippen LogP contribution >= 0.6 is 0 Å². The molecule has 2 fully saturated rings. The van der Waals surface area contributed by atoms with Crippen LogP contribution in [0.3, 0.4) is 0 Å². The fourth-order valence-electron chi connectivity index (χ4n) is 5.25. The second-order valence-corrected chi connectivity index (χ2v) is 14.0. The Bertz CT molecular complexity index is 1430. The van der Waals surface area contributed by atoms with Crippen LogP contribution in [0, 0.1) is 0 Å². The molecule has 2 aromatic carbocycles. The van der Waals surface area contributed by atoms with Crippen molar-refractivity contribution < 1.29 is 36.6 Å². The first-order chi connectivity index (χ1) is 19.4. The van der Waals surface area contributed by atoms with Gasteiger partial charge in [-0.15, -0.1) is 0 Å². The van der Waals surface area contributed by atoms with E-state index in [1.807, 2.05) is 0 Å². The average Bonchev–Trinajstić information content (AvgIpc) is 3.44.